The zero-order valence-electron chi connectivity index (χ0n) is 12.4. The Balaban J connectivity index is 0.00000220. The zero-order valence-corrected chi connectivity index (χ0v) is 13.2. The summed E-state index contributed by atoms with van der Waals surface area (Å²) in [6.07, 6.45) is 1.76. The Hall–Kier alpha value is -1.59. The molecule has 6 heteroatoms. The van der Waals surface area contributed by atoms with E-state index >= 15 is 0 Å². The van der Waals surface area contributed by atoms with Crippen LogP contribution in [0.5, 0.6) is 0 Å². The summed E-state index contributed by atoms with van der Waals surface area (Å²) >= 11 is 0. The van der Waals surface area contributed by atoms with Crippen LogP contribution in [0.1, 0.15) is 23.2 Å². The van der Waals surface area contributed by atoms with E-state index < -0.39 is 0 Å². The minimum atomic E-state index is -0.0405. The second kappa shape index (κ2) is 8.00. The van der Waals surface area contributed by atoms with Gasteiger partial charge in [-0.25, -0.2) is 0 Å². The van der Waals surface area contributed by atoms with E-state index in [0.717, 1.165) is 31.6 Å². The first-order chi connectivity index (χ1) is 9.58. The van der Waals surface area contributed by atoms with E-state index in [9.17, 15) is 9.59 Å². The Labute approximate surface area is 131 Å². The number of nitrogens with one attached hydrogen (secondary N) is 2. The summed E-state index contributed by atoms with van der Waals surface area (Å²) in [6, 6.07) is 7.02. The summed E-state index contributed by atoms with van der Waals surface area (Å²) in [5.41, 5.74) is 1.36. The largest absolute Gasteiger partial charge is 0.345 e. The Morgan fingerprint density at radius 2 is 1.71 bits per heavy atom. The van der Waals surface area contributed by atoms with Crippen molar-refractivity contribution >= 4 is 29.9 Å². The van der Waals surface area contributed by atoms with Gasteiger partial charge < -0.3 is 15.5 Å². The second-order valence-corrected chi connectivity index (χ2v) is 5.29. The highest BCUT2D eigenvalue weighted by Crippen LogP contribution is 2.16. The van der Waals surface area contributed by atoms with Crippen molar-refractivity contribution in [3.63, 3.8) is 0 Å². The maximum atomic E-state index is 12.1. The number of halogens is 1. The van der Waals surface area contributed by atoms with Gasteiger partial charge in [0.2, 0.25) is 5.91 Å². The minimum absolute atomic E-state index is 0. The van der Waals surface area contributed by atoms with Crippen molar-refractivity contribution in [2.75, 3.05) is 32.5 Å². The highest BCUT2D eigenvalue weighted by atomic mass is 35.5. The van der Waals surface area contributed by atoms with E-state index in [-0.39, 0.29) is 30.1 Å². The molecule has 1 aliphatic heterocycles. The van der Waals surface area contributed by atoms with Gasteiger partial charge in [0, 0.05) is 31.3 Å². The Morgan fingerprint density at radius 3 is 2.24 bits per heavy atom. The smallest absolute Gasteiger partial charge is 0.253 e. The van der Waals surface area contributed by atoms with Gasteiger partial charge >= 0.3 is 0 Å². The fourth-order valence-corrected chi connectivity index (χ4v) is 2.28. The molecule has 1 aromatic carbocycles. The molecule has 0 radical (unpaired) electrons. The van der Waals surface area contributed by atoms with Crippen LogP contribution in [0.3, 0.4) is 0 Å². The normalized spacial score (nSPS) is 15.0. The summed E-state index contributed by atoms with van der Waals surface area (Å²) in [7, 11) is 3.43. The van der Waals surface area contributed by atoms with Crippen molar-refractivity contribution in [3.05, 3.63) is 29.8 Å². The maximum absolute atomic E-state index is 12.1. The quantitative estimate of drug-likeness (QED) is 0.894. The molecule has 2 N–H and O–H groups in total. The molecule has 116 valence electrons. The van der Waals surface area contributed by atoms with Crippen LogP contribution in [0.2, 0.25) is 0 Å². The number of carbonyl (C=O) groups is 2. The molecule has 2 amide bonds. The summed E-state index contributed by atoms with van der Waals surface area (Å²) in [4.78, 5) is 25.4. The molecular weight excluding hydrogens is 290 g/mol. The average Bonchev–Trinajstić information content (AvgIpc) is 2.48. The van der Waals surface area contributed by atoms with Gasteiger partial charge in [-0.2, -0.15) is 0 Å². The van der Waals surface area contributed by atoms with Crippen LogP contribution in [0.15, 0.2) is 24.3 Å². The summed E-state index contributed by atoms with van der Waals surface area (Å²) in [5, 5.41) is 6.16. The topological polar surface area (TPSA) is 61.4 Å². The first-order valence-electron chi connectivity index (χ1n) is 6.91. The number of nitrogens with zero attached hydrogens (tertiary/aromatic N) is 1. The molecule has 1 fully saturated rings. The fraction of sp³-hybridized carbons (Fsp3) is 0.467. The van der Waals surface area contributed by atoms with Crippen LogP contribution in [0.25, 0.3) is 0 Å². The van der Waals surface area contributed by atoms with E-state index in [1.807, 2.05) is 0 Å². The molecule has 21 heavy (non-hydrogen) atoms. The standard InChI is InChI=1S/C15H21N3O2.ClH/c1-18(2)15(20)12-3-5-13(6-4-12)17-14(19)11-7-9-16-10-8-11;/h3-6,11,16H,7-10H2,1-2H3,(H,17,19);1H. The first kappa shape index (κ1) is 17.5. The van der Waals surface area contributed by atoms with Gasteiger partial charge in [0.05, 0.1) is 0 Å². The summed E-state index contributed by atoms with van der Waals surface area (Å²) < 4.78 is 0. The van der Waals surface area contributed by atoms with Crippen LogP contribution in [-0.2, 0) is 4.79 Å². The fourth-order valence-electron chi connectivity index (χ4n) is 2.28. The molecule has 0 bridgehead atoms. The lowest BCUT2D eigenvalue weighted by atomic mass is 9.97. The van der Waals surface area contributed by atoms with Crippen molar-refractivity contribution in [2.45, 2.75) is 12.8 Å². The van der Waals surface area contributed by atoms with Gasteiger partial charge in [0.15, 0.2) is 0 Å². The molecule has 1 aliphatic rings. The lowest BCUT2D eigenvalue weighted by molar-refractivity contribution is -0.120. The van der Waals surface area contributed by atoms with Gasteiger partial charge in [0.25, 0.3) is 5.91 Å². The first-order valence-corrected chi connectivity index (χ1v) is 6.91. The van der Waals surface area contributed by atoms with Crippen molar-refractivity contribution in [1.29, 1.82) is 0 Å². The van der Waals surface area contributed by atoms with Crippen LogP contribution >= 0.6 is 12.4 Å². The molecule has 0 aromatic heterocycles. The molecule has 0 saturated carbocycles. The Morgan fingerprint density at radius 1 is 1.14 bits per heavy atom. The average molecular weight is 312 g/mol. The number of benzene rings is 1. The molecule has 1 aromatic rings. The third kappa shape index (κ3) is 4.72. The highest BCUT2D eigenvalue weighted by molar-refractivity contribution is 5.96. The second-order valence-electron chi connectivity index (χ2n) is 5.29. The number of anilines is 1. The molecule has 0 spiro atoms. The molecule has 0 aliphatic carbocycles. The molecule has 2 rings (SSSR count). The molecule has 0 atom stereocenters. The number of hydrogen-bond acceptors (Lipinski definition) is 3. The molecular formula is C15H22ClN3O2. The monoisotopic (exact) mass is 311 g/mol. The number of rotatable bonds is 3. The molecule has 1 saturated heterocycles. The predicted octanol–water partition coefficient (Wildman–Crippen LogP) is 1.75. The summed E-state index contributed by atoms with van der Waals surface area (Å²) in [6.45, 7) is 1.79. The molecule has 5 nitrogen and oxygen atoms in total. The Kier molecular flexibility index (Phi) is 6.65. The zero-order chi connectivity index (χ0) is 14.5. The highest BCUT2D eigenvalue weighted by Gasteiger charge is 2.20. The lowest BCUT2D eigenvalue weighted by Gasteiger charge is -2.21. The van der Waals surface area contributed by atoms with Crippen molar-refractivity contribution in [1.82, 2.24) is 10.2 Å². The number of amides is 2. The van der Waals surface area contributed by atoms with E-state index in [1.54, 1.807) is 38.4 Å². The maximum Gasteiger partial charge on any atom is 0.253 e. The van der Waals surface area contributed by atoms with Gasteiger partial charge in [-0.15, -0.1) is 12.4 Å². The van der Waals surface area contributed by atoms with Gasteiger partial charge in [-0.1, -0.05) is 0 Å². The third-order valence-corrected chi connectivity index (χ3v) is 3.52. The van der Waals surface area contributed by atoms with Gasteiger partial charge in [0.1, 0.15) is 0 Å². The molecule has 1 heterocycles. The van der Waals surface area contributed by atoms with E-state index in [1.165, 1.54) is 4.90 Å². The van der Waals surface area contributed by atoms with Crippen LogP contribution in [0.4, 0.5) is 5.69 Å². The van der Waals surface area contributed by atoms with Crippen molar-refractivity contribution < 1.29 is 9.59 Å². The molecule has 0 unspecified atom stereocenters. The SMILES string of the molecule is CN(C)C(=O)c1ccc(NC(=O)C2CCNCC2)cc1.Cl. The van der Waals surface area contributed by atoms with Crippen LogP contribution in [0, 0.1) is 5.92 Å². The predicted molar refractivity (Wildman–Crippen MR) is 85.9 cm³/mol. The van der Waals surface area contributed by atoms with Gasteiger partial charge in [-0.05, 0) is 50.2 Å². The minimum Gasteiger partial charge on any atom is -0.345 e. The van der Waals surface area contributed by atoms with Crippen LogP contribution in [-0.4, -0.2) is 43.9 Å². The van der Waals surface area contributed by atoms with Crippen LogP contribution < -0.4 is 10.6 Å². The van der Waals surface area contributed by atoms with Crippen molar-refractivity contribution in [3.8, 4) is 0 Å². The van der Waals surface area contributed by atoms with Crippen molar-refractivity contribution in [2.24, 2.45) is 5.92 Å². The van der Waals surface area contributed by atoms with E-state index in [2.05, 4.69) is 10.6 Å². The number of hydrogen-bond donors (Lipinski definition) is 2. The summed E-state index contributed by atoms with van der Waals surface area (Å²) in [5.74, 6) is 0.110. The third-order valence-electron chi connectivity index (χ3n) is 3.52. The lowest BCUT2D eigenvalue weighted by Crippen LogP contribution is -2.34. The number of carbonyl (C=O) groups excluding carboxylic acids is 2. The number of piperidine rings is 1. The van der Waals surface area contributed by atoms with E-state index in [4.69, 9.17) is 0 Å². The van der Waals surface area contributed by atoms with E-state index in [0.29, 0.717) is 5.56 Å². The van der Waals surface area contributed by atoms with Gasteiger partial charge in [-0.3, -0.25) is 9.59 Å². The Bertz CT molecular complexity index is 482.